The zero-order valence-electron chi connectivity index (χ0n) is 10.9. The second-order valence-corrected chi connectivity index (χ2v) is 4.93. The lowest BCUT2D eigenvalue weighted by atomic mass is 9.71. The second-order valence-electron chi connectivity index (χ2n) is 4.93. The van der Waals surface area contributed by atoms with Crippen molar-refractivity contribution in [2.75, 3.05) is 14.2 Å². The highest BCUT2D eigenvalue weighted by Gasteiger charge is 2.45. The number of hydrogen-bond acceptors (Lipinski definition) is 3. The summed E-state index contributed by atoms with van der Waals surface area (Å²) in [5.74, 6) is 0.873. The van der Waals surface area contributed by atoms with Crippen molar-refractivity contribution in [3.8, 4) is 5.75 Å². The first-order valence-electron chi connectivity index (χ1n) is 5.91. The van der Waals surface area contributed by atoms with E-state index < -0.39 is 5.60 Å². The van der Waals surface area contributed by atoms with Gasteiger partial charge in [0.15, 0.2) is 0 Å². The molecule has 3 nitrogen and oxygen atoms in total. The van der Waals surface area contributed by atoms with Crippen molar-refractivity contribution in [1.82, 2.24) is 0 Å². The highest BCUT2D eigenvalue weighted by molar-refractivity contribution is 5.44. The topological polar surface area (TPSA) is 38.7 Å². The van der Waals surface area contributed by atoms with Gasteiger partial charge in [-0.25, -0.2) is 0 Å². The molecule has 0 bridgehead atoms. The van der Waals surface area contributed by atoms with E-state index in [9.17, 15) is 5.11 Å². The van der Waals surface area contributed by atoms with Crippen LogP contribution in [0.2, 0.25) is 0 Å². The maximum atomic E-state index is 10.5. The third kappa shape index (κ3) is 2.05. The Morgan fingerprint density at radius 2 is 1.82 bits per heavy atom. The van der Waals surface area contributed by atoms with Crippen LogP contribution in [-0.2, 0) is 10.3 Å². The summed E-state index contributed by atoms with van der Waals surface area (Å²) in [4.78, 5) is 0. The quantitative estimate of drug-likeness (QED) is 0.875. The molecule has 1 saturated carbocycles. The lowest BCUT2D eigenvalue weighted by molar-refractivity contribution is -0.133. The van der Waals surface area contributed by atoms with Crippen molar-refractivity contribution in [1.29, 1.82) is 0 Å². The molecule has 0 unspecified atom stereocenters. The van der Waals surface area contributed by atoms with Gasteiger partial charge in [0.2, 0.25) is 0 Å². The average Bonchev–Trinajstić information content (AvgIpc) is 2.27. The van der Waals surface area contributed by atoms with Gasteiger partial charge in [-0.05, 0) is 42.7 Å². The molecule has 0 aromatic heterocycles. The largest absolute Gasteiger partial charge is 0.496 e. The number of ether oxygens (including phenoxy) is 2. The average molecular weight is 236 g/mol. The van der Waals surface area contributed by atoms with E-state index in [0.29, 0.717) is 12.8 Å². The maximum absolute atomic E-state index is 10.5. The molecule has 0 atom stereocenters. The summed E-state index contributed by atoms with van der Waals surface area (Å²) >= 11 is 0. The molecular formula is C14H20O3. The van der Waals surface area contributed by atoms with Crippen molar-refractivity contribution in [3.63, 3.8) is 0 Å². The lowest BCUT2D eigenvalue weighted by Gasteiger charge is -2.44. The third-order valence-corrected chi connectivity index (χ3v) is 3.71. The normalized spacial score (nSPS) is 27.7. The van der Waals surface area contributed by atoms with Crippen LogP contribution in [-0.4, -0.2) is 25.4 Å². The predicted molar refractivity (Wildman–Crippen MR) is 66.4 cm³/mol. The fraction of sp³-hybridized carbons (Fsp3) is 0.571. The van der Waals surface area contributed by atoms with Crippen LogP contribution in [0.1, 0.15) is 29.5 Å². The zero-order chi connectivity index (χ0) is 12.6. The molecule has 1 aliphatic rings. The molecule has 0 radical (unpaired) electrons. The van der Waals surface area contributed by atoms with E-state index in [2.05, 4.69) is 0 Å². The Bertz CT molecular complexity index is 420. The van der Waals surface area contributed by atoms with Crippen LogP contribution >= 0.6 is 0 Å². The van der Waals surface area contributed by atoms with Crippen molar-refractivity contribution < 1.29 is 14.6 Å². The standard InChI is InChI=1S/C14H20O3/c1-9-6-13(17-4)10(2)5-12(9)14(15)7-11(8-14)16-3/h5-6,11,15H,7-8H2,1-4H3. The Morgan fingerprint density at radius 3 is 2.35 bits per heavy atom. The van der Waals surface area contributed by atoms with E-state index in [1.807, 2.05) is 26.0 Å². The highest BCUT2D eigenvalue weighted by atomic mass is 16.5. The number of methoxy groups -OCH3 is 2. The first kappa shape index (κ1) is 12.4. The summed E-state index contributed by atoms with van der Waals surface area (Å²) < 4.78 is 10.5. The fourth-order valence-electron chi connectivity index (χ4n) is 2.59. The van der Waals surface area contributed by atoms with E-state index in [-0.39, 0.29) is 6.10 Å². The SMILES string of the molecule is COc1cc(C)c(C2(O)CC(OC)C2)cc1C. The van der Waals surface area contributed by atoms with Gasteiger partial charge in [-0.3, -0.25) is 0 Å². The summed E-state index contributed by atoms with van der Waals surface area (Å²) in [7, 11) is 3.36. The van der Waals surface area contributed by atoms with Gasteiger partial charge in [0.05, 0.1) is 18.8 Å². The second kappa shape index (κ2) is 4.31. The molecule has 94 valence electrons. The molecular weight excluding hydrogens is 216 g/mol. The summed E-state index contributed by atoms with van der Waals surface area (Å²) in [6.45, 7) is 4.01. The number of rotatable bonds is 3. The van der Waals surface area contributed by atoms with Crippen molar-refractivity contribution >= 4 is 0 Å². The van der Waals surface area contributed by atoms with Crippen LogP contribution in [0, 0.1) is 13.8 Å². The van der Waals surface area contributed by atoms with Gasteiger partial charge in [0.1, 0.15) is 5.75 Å². The van der Waals surface area contributed by atoms with Crippen LogP contribution in [0.5, 0.6) is 5.75 Å². The van der Waals surface area contributed by atoms with E-state index >= 15 is 0 Å². The summed E-state index contributed by atoms with van der Waals surface area (Å²) in [6, 6.07) is 4.02. The van der Waals surface area contributed by atoms with Crippen LogP contribution in [0.4, 0.5) is 0 Å². The van der Waals surface area contributed by atoms with Crippen LogP contribution in [0.3, 0.4) is 0 Å². The fourth-order valence-corrected chi connectivity index (χ4v) is 2.59. The minimum Gasteiger partial charge on any atom is -0.496 e. The Balaban J connectivity index is 2.31. The molecule has 0 aliphatic heterocycles. The molecule has 17 heavy (non-hydrogen) atoms. The Morgan fingerprint density at radius 1 is 1.18 bits per heavy atom. The predicted octanol–water partition coefficient (Wildman–Crippen LogP) is 2.31. The molecule has 0 heterocycles. The van der Waals surface area contributed by atoms with E-state index in [1.54, 1.807) is 14.2 Å². The van der Waals surface area contributed by atoms with Gasteiger partial charge in [0, 0.05) is 20.0 Å². The Labute approximate surface area is 102 Å². The van der Waals surface area contributed by atoms with Crippen molar-refractivity contribution in [3.05, 3.63) is 28.8 Å². The summed E-state index contributed by atoms with van der Waals surface area (Å²) in [6.07, 6.45) is 1.54. The van der Waals surface area contributed by atoms with E-state index in [0.717, 1.165) is 22.4 Å². The molecule has 1 fully saturated rings. The lowest BCUT2D eigenvalue weighted by Crippen LogP contribution is -2.45. The molecule has 1 aliphatic carbocycles. The van der Waals surface area contributed by atoms with Gasteiger partial charge in [-0.15, -0.1) is 0 Å². The number of benzene rings is 1. The first-order chi connectivity index (χ1) is 8.00. The van der Waals surface area contributed by atoms with Gasteiger partial charge < -0.3 is 14.6 Å². The number of aryl methyl sites for hydroxylation is 2. The molecule has 0 spiro atoms. The van der Waals surface area contributed by atoms with Crippen LogP contribution in [0.25, 0.3) is 0 Å². The molecule has 0 saturated heterocycles. The molecule has 1 N–H and O–H groups in total. The van der Waals surface area contributed by atoms with Gasteiger partial charge in [0.25, 0.3) is 0 Å². The van der Waals surface area contributed by atoms with E-state index in [1.165, 1.54) is 0 Å². The minimum atomic E-state index is -0.720. The van der Waals surface area contributed by atoms with Crippen molar-refractivity contribution in [2.45, 2.75) is 38.4 Å². The monoisotopic (exact) mass is 236 g/mol. The van der Waals surface area contributed by atoms with Crippen molar-refractivity contribution in [2.24, 2.45) is 0 Å². The van der Waals surface area contributed by atoms with E-state index in [4.69, 9.17) is 9.47 Å². The first-order valence-corrected chi connectivity index (χ1v) is 5.91. The Hall–Kier alpha value is -1.06. The van der Waals surface area contributed by atoms with Crippen LogP contribution in [0.15, 0.2) is 12.1 Å². The maximum Gasteiger partial charge on any atom is 0.122 e. The third-order valence-electron chi connectivity index (χ3n) is 3.71. The highest BCUT2D eigenvalue weighted by Crippen LogP contribution is 2.45. The summed E-state index contributed by atoms with van der Waals surface area (Å²) in [5, 5.41) is 10.5. The molecule has 2 rings (SSSR count). The minimum absolute atomic E-state index is 0.182. The number of aliphatic hydroxyl groups is 1. The molecule has 0 amide bonds. The van der Waals surface area contributed by atoms with Gasteiger partial charge in [-0.2, -0.15) is 0 Å². The van der Waals surface area contributed by atoms with Gasteiger partial charge in [-0.1, -0.05) is 0 Å². The zero-order valence-corrected chi connectivity index (χ0v) is 10.9. The Kier molecular flexibility index (Phi) is 3.15. The molecule has 1 aromatic carbocycles. The summed E-state index contributed by atoms with van der Waals surface area (Å²) in [5.41, 5.74) is 2.41. The van der Waals surface area contributed by atoms with Gasteiger partial charge >= 0.3 is 0 Å². The molecule has 1 aromatic rings. The smallest absolute Gasteiger partial charge is 0.122 e. The van der Waals surface area contributed by atoms with Crippen LogP contribution < -0.4 is 4.74 Å². The molecule has 3 heteroatoms. The number of hydrogen-bond donors (Lipinski definition) is 1.